The lowest BCUT2D eigenvalue weighted by Crippen LogP contribution is -2.17. The molecule has 0 aliphatic carbocycles. The zero-order valence-electron chi connectivity index (χ0n) is 16.6. The smallest absolute Gasteiger partial charge is 0.271 e. The Hall–Kier alpha value is -3.90. The van der Waals surface area contributed by atoms with E-state index < -0.39 is 0 Å². The van der Waals surface area contributed by atoms with Crippen LogP contribution in [0.4, 0.5) is 5.69 Å². The first kappa shape index (κ1) is 20.4. The van der Waals surface area contributed by atoms with Gasteiger partial charge in [-0.15, -0.1) is 0 Å². The summed E-state index contributed by atoms with van der Waals surface area (Å²) < 4.78 is 1.84. The van der Waals surface area contributed by atoms with E-state index in [4.69, 9.17) is 22.4 Å². The number of hydrazone groups is 1. The number of hydrogen-bond acceptors (Lipinski definition) is 4. The Morgan fingerprint density at radius 1 is 1.03 bits per heavy atom. The second kappa shape index (κ2) is 9.28. The largest absolute Gasteiger partial charge is 0.399 e. The summed E-state index contributed by atoms with van der Waals surface area (Å²) in [6.07, 6.45) is 3.50. The fourth-order valence-corrected chi connectivity index (χ4v) is 3.19. The van der Waals surface area contributed by atoms with E-state index in [1.54, 1.807) is 30.5 Å². The molecule has 1 heterocycles. The Balaban J connectivity index is 1.56. The molecule has 0 atom stereocenters. The van der Waals surface area contributed by atoms with Crippen LogP contribution in [0.1, 0.15) is 21.5 Å². The standard InChI is InChI=1S/C24H20ClN5O/c25-21-10-6-17(7-11-21)15-30-16-20(23(29-30)18-4-2-1-3-5-18)14-27-28-24(31)19-8-12-22(26)13-9-19/h1-14,16H,15,26H2,(H,28,31)/b27-14-. The number of nitrogens with two attached hydrogens (primary N) is 1. The van der Waals surface area contributed by atoms with Crippen molar-refractivity contribution in [2.45, 2.75) is 6.54 Å². The second-order valence-electron chi connectivity index (χ2n) is 6.94. The minimum atomic E-state index is -0.314. The van der Waals surface area contributed by atoms with Gasteiger partial charge in [-0.2, -0.15) is 10.2 Å². The molecule has 3 aromatic carbocycles. The number of benzene rings is 3. The predicted octanol–water partition coefficient (Wildman–Crippen LogP) is 4.60. The average Bonchev–Trinajstić information content (AvgIpc) is 3.19. The van der Waals surface area contributed by atoms with Crippen LogP contribution >= 0.6 is 11.6 Å². The summed E-state index contributed by atoms with van der Waals surface area (Å²) in [5, 5.41) is 9.55. The number of carbonyl (C=O) groups is 1. The molecule has 0 radical (unpaired) electrons. The molecular formula is C24H20ClN5O. The molecule has 6 nitrogen and oxygen atoms in total. The predicted molar refractivity (Wildman–Crippen MR) is 124 cm³/mol. The van der Waals surface area contributed by atoms with E-state index in [2.05, 4.69) is 10.5 Å². The molecule has 0 saturated heterocycles. The highest BCUT2D eigenvalue weighted by atomic mass is 35.5. The minimum Gasteiger partial charge on any atom is -0.399 e. The molecule has 0 fully saturated rings. The summed E-state index contributed by atoms with van der Waals surface area (Å²) in [6, 6.07) is 24.1. The van der Waals surface area contributed by atoms with Crippen molar-refractivity contribution in [2.24, 2.45) is 5.10 Å². The maximum atomic E-state index is 12.3. The number of hydrogen-bond donors (Lipinski definition) is 2. The van der Waals surface area contributed by atoms with Gasteiger partial charge in [0.25, 0.3) is 5.91 Å². The molecule has 0 saturated carbocycles. The van der Waals surface area contributed by atoms with E-state index in [1.807, 2.05) is 65.5 Å². The number of carbonyl (C=O) groups excluding carboxylic acids is 1. The van der Waals surface area contributed by atoms with Crippen LogP contribution in [0.2, 0.25) is 5.02 Å². The lowest BCUT2D eigenvalue weighted by molar-refractivity contribution is 0.0955. The summed E-state index contributed by atoms with van der Waals surface area (Å²) in [6.45, 7) is 0.586. The number of rotatable bonds is 6. The van der Waals surface area contributed by atoms with Gasteiger partial charge in [0.15, 0.2) is 0 Å². The van der Waals surface area contributed by atoms with Gasteiger partial charge in [-0.3, -0.25) is 9.48 Å². The SMILES string of the molecule is Nc1ccc(C(=O)N/N=C\c2cn(Cc3ccc(Cl)cc3)nc2-c2ccccc2)cc1. The molecule has 3 N–H and O–H groups in total. The fraction of sp³-hybridized carbons (Fsp3) is 0.0417. The van der Waals surface area contributed by atoms with Gasteiger partial charge in [-0.1, -0.05) is 54.1 Å². The Morgan fingerprint density at radius 3 is 2.45 bits per heavy atom. The summed E-state index contributed by atoms with van der Waals surface area (Å²) in [5.41, 5.74) is 12.9. The molecule has 0 spiro atoms. The highest BCUT2D eigenvalue weighted by Crippen LogP contribution is 2.21. The van der Waals surface area contributed by atoms with Gasteiger partial charge in [0.2, 0.25) is 0 Å². The highest BCUT2D eigenvalue weighted by molar-refractivity contribution is 6.30. The van der Waals surface area contributed by atoms with Crippen molar-refractivity contribution in [3.63, 3.8) is 0 Å². The minimum absolute atomic E-state index is 0.314. The number of nitrogens with one attached hydrogen (secondary N) is 1. The van der Waals surface area contributed by atoms with Crippen LogP contribution in [0, 0.1) is 0 Å². The van der Waals surface area contributed by atoms with Crippen molar-refractivity contribution in [2.75, 3.05) is 5.73 Å². The summed E-state index contributed by atoms with van der Waals surface area (Å²) >= 11 is 5.98. The number of aromatic nitrogens is 2. The third kappa shape index (κ3) is 5.18. The zero-order valence-corrected chi connectivity index (χ0v) is 17.3. The molecular weight excluding hydrogens is 410 g/mol. The first-order valence-electron chi connectivity index (χ1n) is 9.65. The molecule has 0 bridgehead atoms. The molecule has 1 amide bonds. The van der Waals surface area contributed by atoms with Crippen LogP contribution in [-0.2, 0) is 6.54 Å². The van der Waals surface area contributed by atoms with Crippen LogP contribution in [0.3, 0.4) is 0 Å². The van der Waals surface area contributed by atoms with Crippen LogP contribution < -0.4 is 11.2 Å². The van der Waals surface area contributed by atoms with Crippen LogP contribution in [0.5, 0.6) is 0 Å². The van der Waals surface area contributed by atoms with E-state index in [9.17, 15) is 4.79 Å². The van der Waals surface area contributed by atoms with E-state index in [1.165, 1.54) is 0 Å². The van der Waals surface area contributed by atoms with Crippen molar-refractivity contribution in [1.29, 1.82) is 0 Å². The number of nitrogens with zero attached hydrogens (tertiary/aromatic N) is 3. The van der Waals surface area contributed by atoms with Crippen LogP contribution in [0.25, 0.3) is 11.3 Å². The lowest BCUT2D eigenvalue weighted by atomic mass is 10.1. The maximum absolute atomic E-state index is 12.3. The van der Waals surface area contributed by atoms with E-state index in [0.717, 1.165) is 22.4 Å². The van der Waals surface area contributed by atoms with Gasteiger partial charge >= 0.3 is 0 Å². The van der Waals surface area contributed by atoms with Crippen molar-refractivity contribution >= 4 is 29.4 Å². The van der Waals surface area contributed by atoms with E-state index in [0.29, 0.717) is 22.8 Å². The number of anilines is 1. The summed E-state index contributed by atoms with van der Waals surface area (Å²) in [4.78, 5) is 12.3. The van der Waals surface area contributed by atoms with Gasteiger partial charge in [0.1, 0.15) is 5.69 Å². The molecule has 4 aromatic rings. The van der Waals surface area contributed by atoms with Gasteiger partial charge in [0.05, 0.1) is 12.8 Å². The third-order valence-electron chi connectivity index (χ3n) is 4.64. The number of nitrogen functional groups attached to an aromatic ring is 1. The lowest BCUT2D eigenvalue weighted by Gasteiger charge is -2.02. The molecule has 7 heteroatoms. The third-order valence-corrected chi connectivity index (χ3v) is 4.89. The van der Waals surface area contributed by atoms with Gasteiger partial charge < -0.3 is 5.73 Å². The quantitative estimate of drug-likeness (QED) is 0.267. The highest BCUT2D eigenvalue weighted by Gasteiger charge is 2.11. The van der Waals surface area contributed by atoms with Crippen molar-refractivity contribution in [3.8, 4) is 11.3 Å². The average molecular weight is 430 g/mol. The molecule has 4 rings (SSSR count). The monoisotopic (exact) mass is 429 g/mol. The maximum Gasteiger partial charge on any atom is 0.271 e. The van der Waals surface area contributed by atoms with Gasteiger partial charge in [-0.25, -0.2) is 5.43 Å². The van der Waals surface area contributed by atoms with Crippen LogP contribution in [-0.4, -0.2) is 21.9 Å². The first-order chi connectivity index (χ1) is 15.1. The summed E-state index contributed by atoms with van der Waals surface area (Å²) in [5.74, 6) is -0.314. The van der Waals surface area contributed by atoms with E-state index in [-0.39, 0.29) is 5.91 Å². The molecule has 0 aliphatic heterocycles. The normalized spacial score (nSPS) is 11.0. The Kier molecular flexibility index (Phi) is 6.10. The number of amides is 1. The molecule has 31 heavy (non-hydrogen) atoms. The molecule has 154 valence electrons. The van der Waals surface area contributed by atoms with Crippen molar-refractivity contribution in [1.82, 2.24) is 15.2 Å². The Bertz CT molecular complexity index is 1200. The Labute approximate surface area is 185 Å². The topological polar surface area (TPSA) is 85.3 Å². The Morgan fingerprint density at radius 2 is 1.74 bits per heavy atom. The second-order valence-corrected chi connectivity index (χ2v) is 7.38. The molecule has 0 unspecified atom stereocenters. The molecule has 1 aromatic heterocycles. The van der Waals surface area contributed by atoms with Crippen molar-refractivity contribution in [3.05, 3.63) is 107 Å². The van der Waals surface area contributed by atoms with Crippen molar-refractivity contribution < 1.29 is 4.79 Å². The summed E-state index contributed by atoms with van der Waals surface area (Å²) in [7, 11) is 0. The fourth-order valence-electron chi connectivity index (χ4n) is 3.07. The zero-order chi connectivity index (χ0) is 21.6. The number of halogens is 1. The van der Waals surface area contributed by atoms with Gasteiger partial charge in [-0.05, 0) is 42.0 Å². The van der Waals surface area contributed by atoms with Gasteiger partial charge in [0, 0.05) is 33.6 Å². The molecule has 0 aliphatic rings. The first-order valence-corrected chi connectivity index (χ1v) is 10.0. The van der Waals surface area contributed by atoms with E-state index >= 15 is 0 Å². The van der Waals surface area contributed by atoms with Crippen LogP contribution in [0.15, 0.2) is 90.2 Å².